The molecule has 2 rings (SSSR count). The molecule has 0 saturated heterocycles. The van der Waals surface area contributed by atoms with Crippen molar-refractivity contribution >= 4 is 11.6 Å². The van der Waals surface area contributed by atoms with Crippen molar-refractivity contribution < 1.29 is 4.79 Å². The molecule has 1 aromatic carbocycles. The predicted octanol–water partition coefficient (Wildman–Crippen LogP) is 2.41. The zero-order valence-electron chi connectivity index (χ0n) is 9.29. The van der Waals surface area contributed by atoms with Crippen LogP contribution in [-0.4, -0.2) is 5.91 Å². The molecule has 0 aliphatic carbocycles. The van der Waals surface area contributed by atoms with E-state index in [0.717, 1.165) is 12.1 Å². The number of rotatable bonds is 2. The van der Waals surface area contributed by atoms with E-state index in [1.807, 2.05) is 19.1 Å². The maximum atomic E-state index is 11.7. The number of fused-ring (bicyclic) bond motifs is 1. The van der Waals surface area contributed by atoms with Crippen LogP contribution < -0.4 is 5.32 Å². The molecule has 1 N–H and O–H groups in total. The van der Waals surface area contributed by atoms with Crippen LogP contribution in [0.4, 0.5) is 5.69 Å². The van der Waals surface area contributed by atoms with Crippen LogP contribution in [-0.2, 0) is 11.2 Å². The third-order valence-corrected chi connectivity index (χ3v) is 2.96. The molecular formula is C13H14N2O. The number of carbonyl (C=O) groups is 1. The fraction of sp³-hybridized carbons (Fsp3) is 0.385. The molecule has 16 heavy (non-hydrogen) atoms. The molecule has 1 heterocycles. The van der Waals surface area contributed by atoms with Crippen LogP contribution in [0.2, 0.25) is 0 Å². The maximum Gasteiger partial charge on any atom is 0.227 e. The Kier molecular flexibility index (Phi) is 2.91. The molecule has 0 fully saturated rings. The summed E-state index contributed by atoms with van der Waals surface area (Å²) in [5.74, 6) is 0.000512. The van der Waals surface area contributed by atoms with E-state index in [0.29, 0.717) is 12.8 Å². The van der Waals surface area contributed by atoms with Gasteiger partial charge in [0.15, 0.2) is 0 Å². The second-order valence-electron chi connectivity index (χ2n) is 4.25. The molecule has 3 nitrogen and oxygen atoms in total. The summed E-state index contributed by atoms with van der Waals surface area (Å²) in [5, 5.41) is 11.4. The molecule has 1 atom stereocenters. The van der Waals surface area contributed by atoms with E-state index in [2.05, 4.69) is 17.5 Å². The van der Waals surface area contributed by atoms with Crippen molar-refractivity contribution in [2.24, 2.45) is 5.92 Å². The molecule has 1 aliphatic heterocycles. The first-order valence-corrected chi connectivity index (χ1v) is 5.48. The summed E-state index contributed by atoms with van der Waals surface area (Å²) in [6, 6.07) is 8.14. The van der Waals surface area contributed by atoms with Crippen LogP contribution in [0.5, 0.6) is 0 Å². The van der Waals surface area contributed by atoms with Gasteiger partial charge in [-0.25, -0.2) is 0 Å². The summed E-state index contributed by atoms with van der Waals surface area (Å²) >= 11 is 0. The Morgan fingerprint density at radius 1 is 1.56 bits per heavy atom. The van der Waals surface area contributed by atoms with Crippen molar-refractivity contribution in [2.75, 3.05) is 5.32 Å². The van der Waals surface area contributed by atoms with Gasteiger partial charge in [-0.2, -0.15) is 5.26 Å². The smallest absolute Gasteiger partial charge is 0.227 e. The first kappa shape index (κ1) is 10.7. The highest BCUT2D eigenvalue weighted by Crippen LogP contribution is 2.28. The predicted molar refractivity (Wildman–Crippen MR) is 61.8 cm³/mol. The van der Waals surface area contributed by atoms with E-state index in [1.54, 1.807) is 0 Å². The molecule has 1 amide bonds. The van der Waals surface area contributed by atoms with E-state index >= 15 is 0 Å². The van der Waals surface area contributed by atoms with Gasteiger partial charge >= 0.3 is 0 Å². The molecule has 0 saturated carbocycles. The quantitative estimate of drug-likeness (QED) is 0.821. The number of nitrogens with zero attached hydrogens (tertiary/aromatic N) is 1. The van der Waals surface area contributed by atoms with Crippen molar-refractivity contribution in [2.45, 2.75) is 26.2 Å². The third-order valence-electron chi connectivity index (χ3n) is 2.96. The molecule has 0 aromatic heterocycles. The summed E-state index contributed by atoms with van der Waals surface area (Å²) in [7, 11) is 0. The van der Waals surface area contributed by atoms with Crippen molar-refractivity contribution in [3.05, 3.63) is 29.3 Å². The van der Waals surface area contributed by atoms with Gasteiger partial charge in [-0.3, -0.25) is 4.79 Å². The second-order valence-corrected chi connectivity index (χ2v) is 4.25. The average molecular weight is 214 g/mol. The highest BCUT2D eigenvalue weighted by Gasteiger charge is 2.25. The fourth-order valence-corrected chi connectivity index (χ4v) is 2.08. The number of carbonyl (C=O) groups excluding carboxylic acids is 1. The summed E-state index contributed by atoms with van der Waals surface area (Å²) in [6.07, 6.45) is 1.85. The molecular weight excluding hydrogens is 200 g/mol. The number of aryl methyl sites for hydroxylation is 1. The van der Waals surface area contributed by atoms with E-state index in [9.17, 15) is 4.79 Å². The minimum atomic E-state index is -0.0473. The van der Waals surface area contributed by atoms with Crippen molar-refractivity contribution in [1.29, 1.82) is 5.26 Å². The van der Waals surface area contributed by atoms with E-state index in [-0.39, 0.29) is 11.8 Å². The van der Waals surface area contributed by atoms with Crippen molar-refractivity contribution in [3.63, 3.8) is 0 Å². The molecule has 1 aromatic rings. The number of amides is 1. The Bertz CT molecular complexity index is 459. The second kappa shape index (κ2) is 4.36. The Morgan fingerprint density at radius 2 is 2.38 bits per heavy atom. The largest absolute Gasteiger partial charge is 0.326 e. The molecule has 0 spiro atoms. The van der Waals surface area contributed by atoms with E-state index in [1.165, 1.54) is 11.1 Å². The lowest BCUT2D eigenvalue weighted by atomic mass is 9.89. The standard InChI is InChI=1S/C13H14N2O/c1-9-4-5-12-11(7-9)8-10(3-2-6-14)13(16)15-12/h4-5,7,10H,2-3,8H2,1H3,(H,15,16). The zero-order valence-corrected chi connectivity index (χ0v) is 9.29. The summed E-state index contributed by atoms with van der Waals surface area (Å²) in [4.78, 5) is 11.7. The number of hydrogen-bond donors (Lipinski definition) is 1. The first-order chi connectivity index (χ1) is 7.70. The van der Waals surface area contributed by atoms with Gasteiger partial charge in [0.1, 0.15) is 0 Å². The lowest BCUT2D eigenvalue weighted by Crippen LogP contribution is -2.29. The van der Waals surface area contributed by atoms with Gasteiger partial charge < -0.3 is 5.32 Å². The number of benzene rings is 1. The number of nitriles is 1. The molecule has 0 radical (unpaired) electrons. The van der Waals surface area contributed by atoms with Gasteiger partial charge in [-0.1, -0.05) is 17.7 Å². The van der Waals surface area contributed by atoms with Crippen LogP contribution in [0, 0.1) is 24.2 Å². The SMILES string of the molecule is Cc1ccc2c(c1)CC(CCC#N)C(=O)N2. The van der Waals surface area contributed by atoms with Gasteiger partial charge in [0.05, 0.1) is 6.07 Å². The average Bonchev–Trinajstić information content (AvgIpc) is 2.27. The van der Waals surface area contributed by atoms with Crippen molar-refractivity contribution in [3.8, 4) is 6.07 Å². The van der Waals surface area contributed by atoms with Gasteiger partial charge in [0.2, 0.25) is 5.91 Å². The lowest BCUT2D eigenvalue weighted by Gasteiger charge is -2.24. The van der Waals surface area contributed by atoms with E-state index in [4.69, 9.17) is 5.26 Å². The van der Waals surface area contributed by atoms with Gasteiger partial charge in [0, 0.05) is 18.0 Å². The molecule has 82 valence electrons. The number of nitrogens with one attached hydrogen (secondary N) is 1. The van der Waals surface area contributed by atoms with Crippen molar-refractivity contribution in [1.82, 2.24) is 0 Å². The third kappa shape index (κ3) is 2.06. The molecule has 1 aliphatic rings. The van der Waals surface area contributed by atoms with Gasteiger partial charge in [0.25, 0.3) is 0 Å². The Hall–Kier alpha value is -1.82. The normalized spacial score (nSPS) is 18.5. The summed E-state index contributed by atoms with van der Waals surface area (Å²) in [5.41, 5.74) is 3.31. The molecule has 1 unspecified atom stereocenters. The zero-order chi connectivity index (χ0) is 11.5. The first-order valence-electron chi connectivity index (χ1n) is 5.48. The molecule has 3 heteroatoms. The monoisotopic (exact) mass is 214 g/mol. The number of anilines is 1. The Labute approximate surface area is 95.1 Å². The maximum absolute atomic E-state index is 11.7. The van der Waals surface area contributed by atoms with Crippen LogP contribution >= 0.6 is 0 Å². The van der Waals surface area contributed by atoms with E-state index < -0.39 is 0 Å². The van der Waals surface area contributed by atoms with Gasteiger partial charge in [-0.05, 0) is 31.4 Å². The van der Waals surface area contributed by atoms with Gasteiger partial charge in [-0.15, -0.1) is 0 Å². The minimum Gasteiger partial charge on any atom is -0.326 e. The Balaban J connectivity index is 2.20. The topological polar surface area (TPSA) is 52.9 Å². The number of hydrogen-bond acceptors (Lipinski definition) is 2. The summed E-state index contributed by atoms with van der Waals surface area (Å²) < 4.78 is 0. The Morgan fingerprint density at radius 3 is 3.12 bits per heavy atom. The molecule has 0 bridgehead atoms. The highest BCUT2D eigenvalue weighted by atomic mass is 16.1. The lowest BCUT2D eigenvalue weighted by molar-refractivity contribution is -0.120. The van der Waals surface area contributed by atoms with Crippen LogP contribution in [0.3, 0.4) is 0 Å². The van der Waals surface area contributed by atoms with Crippen LogP contribution in [0.25, 0.3) is 0 Å². The van der Waals surface area contributed by atoms with Crippen LogP contribution in [0.1, 0.15) is 24.0 Å². The minimum absolute atomic E-state index is 0.0473. The summed E-state index contributed by atoms with van der Waals surface area (Å²) in [6.45, 7) is 2.04. The highest BCUT2D eigenvalue weighted by molar-refractivity contribution is 5.95. The van der Waals surface area contributed by atoms with Crippen LogP contribution in [0.15, 0.2) is 18.2 Å². The fourth-order valence-electron chi connectivity index (χ4n) is 2.08.